The fourth-order valence-electron chi connectivity index (χ4n) is 11.0. The molecular weight excluding hydrogens is 544 g/mol. The lowest BCUT2D eigenvalue weighted by molar-refractivity contribution is -0.352. The number of fused-ring (bicyclic) bond motifs is 4. The van der Waals surface area contributed by atoms with E-state index in [2.05, 4.69) is 69.2 Å². The van der Waals surface area contributed by atoms with Gasteiger partial charge < -0.3 is 33.9 Å². The Morgan fingerprint density at radius 1 is 0.651 bits per heavy atom. The van der Waals surface area contributed by atoms with Gasteiger partial charge in [-0.2, -0.15) is 0 Å². The smallest absolute Gasteiger partial charge is 0.172 e. The molecule has 6 aliphatic rings. The second kappa shape index (κ2) is 10.1. The zero-order valence-corrected chi connectivity index (χ0v) is 28.9. The lowest BCUT2D eigenvalue weighted by Crippen LogP contribution is -2.65. The van der Waals surface area contributed by atoms with E-state index >= 15 is 0 Å². The van der Waals surface area contributed by atoms with Crippen LogP contribution >= 0.6 is 0 Å². The molecule has 4 bridgehead atoms. The van der Waals surface area contributed by atoms with Gasteiger partial charge in [0.05, 0.1) is 50.8 Å². The van der Waals surface area contributed by atoms with Gasteiger partial charge in [0.25, 0.3) is 0 Å². The molecule has 6 rings (SSSR count). The molecule has 6 fully saturated rings. The second-order valence-electron chi connectivity index (χ2n) is 17.6. The van der Waals surface area contributed by atoms with E-state index in [0.29, 0.717) is 51.1 Å². The Balaban J connectivity index is 1.30. The molecule has 2 heterocycles. The van der Waals surface area contributed by atoms with Gasteiger partial charge in [-0.05, 0) is 75.0 Å². The third kappa shape index (κ3) is 4.16. The number of hydrogen-bond acceptors (Lipinski definition) is 7. The first-order valence-corrected chi connectivity index (χ1v) is 17.5. The van der Waals surface area contributed by atoms with Gasteiger partial charge in [0.2, 0.25) is 0 Å². The van der Waals surface area contributed by atoms with Crippen LogP contribution in [0.5, 0.6) is 0 Å². The number of ether oxygens (including phenoxy) is 5. The van der Waals surface area contributed by atoms with Gasteiger partial charge in [-0.1, -0.05) is 55.4 Å². The molecule has 2 aliphatic heterocycles. The summed E-state index contributed by atoms with van der Waals surface area (Å²) < 4.78 is 32.9. The van der Waals surface area contributed by atoms with Crippen molar-refractivity contribution in [2.45, 2.75) is 157 Å². The molecule has 0 amide bonds. The van der Waals surface area contributed by atoms with Crippen molar-refractivity contribution >= 4 is 0 Å². The van der Waals surface area contributed by atoms with E-state index < -0.39 is 11.6 Å². The average molecular weight is 607 g/mol. The highest BCUT2D eigenvalue weighted by atomic mass is 16.7. The van der Waals surface area contributed by atoms with Gasteiger partial charge in [0, 0.05) is 34.5 Å². The molecule has 4 unspecified atom stereocenters. The first-order valence-electron chi connectivity index (χ1n) is 17.5. The summed E-state index contributed by atoms with van der Waals surface area (Å²) in [5.74, 6) is -1.49. The van der Waals surface area contributed by atoms with Gasteiger partial charge >= 0.3 is 0 Å². The van der Waals surface area contributed by atoms with Crippen LogP contribution in [0.25, 0.3) is 0 Å². The lowest BCUT2D eigenvalue weighted by Gasteiger charge is -2.56. The molecule has 248 valence electrons. The minimum Gasteiger partial charge on any atom is -0.380 e. The second-order valence-corrected chi connectivity index (χ2v) is 17.6. The van der Waals surface area contributed by atoms with Crippen LogP contribution in [0.4, 0.5) is 0 Å². The average Bonchev–Trinajstić information content (AvgIpc) is 3.36. The molecule has 0 spiro atoms. The highest BCUT2D eigenvalue weighted by molar-refractivity contribution is 5.16. The van der Waals surface area contributed by atoms with Gasteiger partial charge in [-0.25, -0.2) is 0 Å². The first-order chi connectivity index (χ1) is 19.9. The number of hydrogen-bond donors (Lipinski definition) is 2. The van der Waals surface area contributed by atoms with E-state index in [0.717, 1.165) is 38.5 Å². The van der Waals surface area contributed by atoms with Crippen molar-refractivity contribution in [2.75, 3.05) is 26.4 Å². The van der Waals surface area contributed by atoms with E-state index in [4.69, 9.17) is 23.7 Å². The molecule has 7 heteroatoms. The molecule has 0 aromatic rings. The van der Waals surface area contributed by atoms with Crippen molar-refractivity contribution in [2.24, 2.45) is 44.3 Å². The summed E-state index contributed by atoms with van der Waals surface area (Å²) in [7, 11) is 0. The summed E-state index contributed by atoms with van der Waals surface area (Å²) in [5, 5.41) is 24.4. The molecule has 0 aromatic heterocycles. The van der Waals surface area contributed by atoms with E-state index in [-0.39, 0.29) is 56.9 Å². The van der Waals surface area contributed by atoms with E-state index in [1.54, 1.807) is 0 Å². The predicted molar refractivity (Wildman–Crippen MR) is 165 cm³/mol. The highest BCUT2D eigenvalue weighted by Crippen LogP contribution is 2.71. The van der Waals surface area contributed by atoms with E-state index in [9.17, 15) is 10.2 Å². The van der Waals surface area contributed by atoms with Crippen molar-refractivity contribution in [3.8, 4) is 0 Å². The van der Waals surface area contributed by atoms with Gasteiger partial charge in [0.1, 0.15) is 0 Å². The Kier molecular flexibility index (Phi) is 7.68. The summed E-state index contributed by atoms with van der Waals surface area (Å²) >= 11 is 0. The Bertz CT molecular complexity index is 973. The summed E-state index contributed by atoms with van der Waals surface area (Å²) in [6.45, 7) is 24.7. The summed E-state index contributed by atoms with van der Waals surface area (Å²) in [6, 6.07) is 0. The van der Waals surface area contributed by atoms with Crippen LogP contribution < -0.4 is 0 Å². The molecular formula is C36H62O7. The van der Waals surface area contributed by atoms with Crippen LogP contribution in [0.2, 0.25) is 0 Å². The minimum atomic E-state index is -1.20. The maximum absolute atomic E-state index is 12.2. The molecule has 43 heavy (non-hydrogen) atoms. The van der Waals surface area contributed by atoms with Crippen molar-refractivity contribution in [1.82, 2.24) is 0 Å². The van der Waals surface area contributed by atoms with Crippen LogP contribution in [-0.2, 0) is 23.7 Å². The third-order valence-corrected chi connectivity index (χ3v) is 15.7. The summed E-state index contributed by atoms with van der Waals surface area (Å²) in [4.78, 5) is 0. The number of aliphatic hydroxyl groups is 2. The molecule has 2 saturated heterocycles. The van der Waals surface area contributed by atoms with E-state index in [1.807, 2.05) is 0 Å². The molecule has 4 aliphatic carbocycles. The Labute approximate surface area is 261 Å². The highest BCUT2D eigenvalue weighted by Gasteiger charge is 2.72. The quantitative estimate of drug-likeness (QED) is 0.246. The fourth-order valence-corrected chi connectivity index (χ4v) is 11.0. The molecule has 0 aromatic carbocycles. The molecule has 0 radical (unpaired) electrons. The predicted octanol–water partition coefficient (Wildman–Crippen LogP) is 6.47. The van der Waals surface area contributed by atoms with Gasteiger partial charge in [-0.3, -0.25) is 0 Å². The topological polar surface area (TPSA) is 86.6 Å². The number of rotatable bonds is 12. The first kappa shape index (κ1) is 32.7. The minimum absolute atomic E-state index is 0.0142. The van der Waals surface area contributed by atoms with Crippen molar-refractivity contribution in [3.63, 3.8) is 0 Å². The van der Waals surface area contributed by atoms with Crippen LogP contribution in [0.1, 0.15) is 121 Å². The third-order valence-electron chi connectivity index (χ3n) is 15.7. The normalized spacial score (nSPS) is 45.8. The molecule has 2 N–H and O–H groups in total. The summed E-state index contributed by atoms with van der Waals surface area (Å²) in [5.41, 5.74) is -1.01. The van der Waals surface area contributed by atoms with Crippen molar-refractivity contribution in [3.05, 3.63) is 0 Å². The van der Waals surface area contributed by atoms with Crippen LogP contribution in [0.15, 0.2) is 0 Å². The standard InChI is InChI=1S/C36H62O7/c1-11-33(19-39-20-33)27(23(3)42-35(37)17-25-13-15-31(35,9)29(25,5)6)41-28(34(12-2)21-40-22-34)24(4)43-36(38)18-26-14-16-32(36,10)30(26,7)8/h23-28,37-38H,11-22H2,1-10H3/t23?,24?,25-,26-,27?,28?,31-,32-,35-,36-/m1/s1. The molecule has 10 atom stereocenters. The maximum Gasteiger partial charge on any atom is 0.172 e. The van der Waals surface area contributed by atoms with Crippen molar-refractivity contribution < 1.29 is 33.9 Å². The Morgan fingerprint density at radius 3 is 1.21 bits per heavy atom. The zero-order chi connectivity index (χ0) is 31.5. The Hall–Kier alpha value is -0.280. The van der Waals surface area contributed by atoms with Gasteiger partial charge in [-0.15, -0.1) is 0 Å². The zero-order valence-electron chi connectivity index (χ0n) is 28.9. The monoisotopic (exact) mass is 606 g/mol. The van der Waals surface area contributed by atoms with E-state index in [1.165, 1.54) is 0 Å². The SMILES string of the molecule is CCC1(C(OC(C(C)O[C@]2(O)C[C@H]3CC[C@]2(C)C3(C)C)C2(CC)COC2)C(C)O[C@]2(O)C[C@H]3CC[C@]2(C)C3(C)C)COC1. The fraction of sp³-hybridized carbons (Fsp3) is 1.00. The molecule has 7 nitrogen and oxygen atoms in total. The summed E-state index contributed by atoms with van der Waals surface area (Å²) in [6.07, 6.45) is 6.04. The molecule has 4 saturated carbocycles. The van der Waals surface area contributed by atoms with Crippen LogP contribution in [-0.4, -0.2) is 72.6 Å². The Morgan fingerprint density at radius 2 is 1.00 bits per heavy atom. The maximum atomic E-state index is 12.2. The lowest BCUT2D eigenvalue weighted by atomic mass is 9.68. The van der Waals surface area contributed by atoms with Crippen LogP contribution in [0.3, 0.4) is 0 Å². The van der Waals surface area contributed by atoms with Gasteiger partial charge in [0.15, 0.2) is 11.6 Å². The largest absolute Gasteiger partial charge is 0.380 e. The van der Waals surface area contributed by atoms with Crippen LogP contribution in [0, 0.1) is 44.3 Å². The van der Waals surface area contributed by atoms with Crippen molar-refractivity contribution in [1.29, 1.82) is 0 Å².